The Bertz CT molecular complexity index is 527. The molecule has 0 saturated carbocycles. The SMILES string of the molecule is CCCN1CCC(NC(=NC)NCc2ccc(OC(C)C)nc2)CC1.I. The van der Waals surface area contributed by atoms with Gasteiger partial charge in [0.1, 0.15) is 0 Å². The maximum absolute atomic E-state index is 5.57. The van der Waals surface area contributed by atoms with Gasteiger partial charge in [0, 0.05) is 45.0 Å². The minimum atomic E-state index is 0. The smallest absolute Gasteiger partial charge is 0.213 e. The van der Waals surface area contributed by atoms with Gasteiger partial charge < -0.3 is 20.3 Å². The summed E-state index contributed by atoms with van der Waals surface area (Å²) >= 11 is 0. The van der Waals surface area contributed by atoms with Crippen molar-refractivity contribution in [1.82, 2.24) is 20.5 Å². The Morgan fingerprint density at radius 2 is 2.08 bits per heavy atom. The second kappa shape index (κ2) is 12.3. The highest BCUT2D eigenvalue weighted by molar-refractivity contribution is 14.0. The van der Waals surface area contributed by atoms with Crippen LogP contribution in [0.25, 0.3) is 0 Å². The van der Waals surface area contributed by atoms with Crippen molar-refractivity contribution in [3.8, 4) is 5.88 Å². The van der Waals surface area contributed by atoms with Crippen LogP contribution in [-0.4, -0.2) is 54.7 Å². The normalized spacial score (nSPS) is 16.3. The Hall–Kier alpha value is -1.09. The molecule has 2 heterocycles. The lowest BCUT2D eigenvalue weighted by Crippen LogP contribution is -2.48. The van der Waals surface area contributed by atoms with E-state index >= 15 is 0 Å². The van der Waals surface area contributed by atoms with Crippen LogP contribution in [-0.2, 0) is 6.54 Å². The number of halogens is 1. The lowest BCUT2D eigenvalue weighted by Gasteiger charge is -2.32. The summed E-state index contributed by atoms with van der Waals surface area (Å²) in [5, 5.41) is 6.92. The van der Waals surface area contributed by atoms with E-state index in [2.05, 4.69) is 32.4 Å². The average molecular weight is 475 g/mol. The van der Waals surface area contributed by atoms with Gasteiger partial charge in [0.05, 0.1) is 6.10 Å². The third-order valence-corrected chi connectivity index (χ3v) is 4.31. The Kier molecular flexibility index (Phi) is 10.9. The molecule has 0 unspecified atom stereocenters. The molecule has 1 aromatic rings. The minimum Gasteiger partial charge on any atom is -0.475 e. The summed E-state index contributed by atoms with van der Waals surface area (Å²) in [4.78, 5) is 11.2. The van der Waals surface area contributed by atoms with Crippen molar-refractivity contribution in [2.24, 2.45) is 4.99 Å². The van der Waals surface area contributed by atoms with Gasteiger partial charge in [-0.05, 0) is 45.2 Å². The highest BCUT2D eigenvalue weighted by atomic mass is 127. The van der Waals surface area contributed by atoms with Crippen molar-refractivity contribution in [2.75, 3.05) is 26.7 Å². The molecule has 0 aromatic carbocycles. The van der Waals surface area contributed by atoms with Gasteiger partial charge in [-0.3, -0.25) is 4.99 Å². The first-order chi connectivity index (χ1) is 12.1. The summed E-state index contributed by atoms with van der Waals surface area (Å²) < 4.78 is 5.57. The third-order valence-electron chi connectivity index (χ3n) is 4.31. The zero-order valence-corrected chi connectivity index (χ0v) is 18.8. The molecule has 148 valence electrons. The number of aliphatic imine (C=N–C) groups is 1. The predicted octanol–water partition coefficient (Wildman–Crippen LogP) is 3.03. The summed E-state index contributed by atoms with van der Waals surface area (Å²) in [5.41, 5.74) is 1.11. The van der Waals surface area contributed by atoms with Crippen molar-refractivity contribution < 1.29 is 4.74 Å². The van der Waals surface area contributed by atoms with E-state index in [-0.39, 0.29) is 30.1 Å². The Labute approximate surface area is 175 Å². The number of aromatic nitrogens is 1. The maximum Gasteiger partial charge on any atom is 0.213 e. The van der Waals surface area contributed by atoms with Gasteiger partial charge >= 0.3 is 0 Å². The molecule has 2 rings (SSSR count). The zero-order chi connectivity index (χ0) is 18.1. The van der Waals surface area contributed by atoms with E-state index in [0.29, 0.717) is 18.5 Å². The van der Waals surface area contributed by atoms with E-state index in [1.807, 2.05) is 39.2 Å². The van der Waals surface area contributed by atoms with Gasteiger partial charge in [-0.2, -0.15) is 0 Å². The number of hydrogen-bond donors (Lipinski definition) is 2. The number of nitrogens with one attached hydrogen (secondary N) is 2. The number of nitrogens with zero attached hydrogens (tertiary/aromatic N) is 3. The van der Waals surface area contributed by atoms with Crippen molar-refractivity contribution >= 4 is 29.9 Å². The molecule has 1 fully saturated rings. The molecule has 1 aliphatic rings. The summed E-state index contributed by atoms with van der Waals surface area (Å²) in [5.74, 6) is 1.52. The van der Waals surface area contributed by atoms with Crippen LogP contribution in [0.15, 0.2) is 23.3 Å². The second-order valence-electron chi connectivity index (χ2n) is 6.86. The van der Waals surface area contributed by atoms with Crippen molar-refractivity contribution in [2.45, 2.75) is 58.7 Å². The molecule has 1 saturated heterocycles. The van der Waals surface area contributed by atoms with Crippen molar-refractivity contribution in [3.63, 3.8) is 0 Å². The Morgan fingerprint density at radius 3 is 2.62 bits per heavy atom. The lowest BCUT2D eigenvalue weighted by atomic mass is 10.1. The van der Waals surface area contributed by atoms with Gasteiger partial charge in [-0.1, -0.05) is 13.0 Å². The first-order valence-corrected chi connectivity index (χ1v) is 9.41. The average Bonchev–Trinajstić information content (AvgIpc) is 2.61. The topological polar surface area (TPSA) is 61.8 Å². The van der Waals surface area contributed by atoms with Crippen molar-refractivity contribution in [1.29, 1.82) is 0 Å². The molecule has 1 aromatic heterocycles. The van der Waals surface area contributed by atoms with Crippen LogP contribution in [0.2, 0.25) is 0 Å². The fourth-order valence-electron chi connectivity index (χ4n) is 3.02. The van der Waals surface area contributed by atoms with Gasteiger partial charge in [0.25, 0.3) is 0 Å². The van der Waals surface area contributed by atoms with E-state index in [0.717, 1.165) is 11.5 Å². The maximum atomic E-state index is 5.57. The quantitative estimate of drug-likeness (QED) is 0.361. The van der Waals surface area contributed by atoms with Gasteiger partial charge in [0.2, 0.25) is 5.88 Å². The molecule has 0 bridgehead atoms. The largest absolute Gasteiger partial charge is 0.475 e. The van der Waals surface area contributed by atoms with Crippen LogP contribution in [0.3, 0.4) is 0 Å². The number of rotatable bonds is 7. The lowest BCUT2D eigenvalue weighted by molar-refractivity contribution is 0.206. The van der Waals surface area contributed by atoms with E-state index < -0.39 is 0 Å². The Balaban J connectivity index is 0.00000338. The molecular weight excluding hydrogens is 441 g/mol. The molecule has 0 spiro atoms. The van der Waals surface area contributed by atoms with Crippen LogP contribution in [0, 0.1) is 0 Å². The van der Waals surface area contributed by atoms with Gasteiger partial charge in [0.15, 0.2) is 5.96 Å². The zero-order valence-electron chi connectivity index (χ0n) is 16.5. The summed E-state index contributed by atoms with van der Waals surface area (Å²) in [6, 6.07) is 4.45. The van der Waals surface area contributed by atoms with Crippen LogP contribution >= 0.6 is 24.0 Å². The number of likely N-dealkylation sites (tertiary alicyclic amines) is 1. The molecule has 0 aliphatic carbocycles. The molecular formula is C19H34IN5O. The molecule has 6 nitrogen and oxygen atoms in total. The van der Waals surface area contributed by atoms with Crippen LogP contribution in [0.1, 0.15) is 45.6 Å². The molecule has 0 amide bonds. The van der Waals surface area contributed by atoms with E-state index in [9.17, 15) is 0 Å². The first kappa shape index (κ1) is 23.0. The van der Waals surface area contributed by atoms with E-state index in [4.69, 9.17) is 4.74 Å². The molecule has 0 radical (unpaired) electrons. The number of ether oxygens (including phenoxy) is 1. The number of guanidine groups is 1. The van der Waals surface area contributed by atoms with Crippen LogP contribution in [0.4, 0.5) is 0 Å². The van der Waals surface area contributed by atoms with E-state index in [1.165, 1.54) is 38.9 Å². The van der Waals surface area contributed by atoms with Gasteiger partial charge in [-0.25, -0.2) is 4.98 Å². The van der Waals surface area contributed by atoms with Crippen LogP contribution < -0.4 is 15.4 Å². The molecule has 7 heteroatoms. The molecule has 26 heavy (non-hydrogen) atoms. The second-order valence-corrected chi connectivity index (χ2v) is 6.86. The third kappa shape index (κ3) is 8.07. The Morgan fingerprint density at radius 1 is 1.35 bits per heavy atom. The highest BCUT2D eigenvalue weighted by Gasteiger charge is 2.19. The summed E-state index contributed by atoms with van der Waals surface area (Å²) in [7, 11) is 1.82. The highest BCUT2D eigenvalue weighted by Crippen LogP contribution is 2.11. The monoisotopic (exact) mass is 475 g/mol. The molecule has 2 N–H and O–H groups in total. The number of piperidine rings is 1. The molecule has 1 aliphatic heterocycles. The fraction of sp³-hybridized carbons (Fsp3) is 0.684. The summed E-state index contributed by atoms with van der Waals surface area (Å²) in [6.45, 7) is 10.5. The number of hydrogen-bond acceptors (Lipinski definition) is 4. The standard InChI is InChI=1S/C19H33N5O.HI/c1-5-10-24-11-8-17(9-12-24)23-19(20-4)22-14-16-6-7-18(21-13-16)25-15(2)3;/h6-7,13,15,17H,5,8-12,14H2,1-4H3,(H2,20,22,23);1H. The predicted molar refractivity (Wildman–Crippen MR) is 119 cm³/mol. The van der Waals surface area contributed by atoms with Crippen molar-refractivity contribution in [3.05, 3.63) is 23.9 Å². The minimum absolute atomic E-state index is 0. The number of pyridine rings is 1. The summed E-state index contributed by atoms with van der Waals surface area (Å²) in [6.07, 6.45) is 5.56. The first-order valence-electron chi connectivity index (χ1n) is 9.41. The van der Waals surface area contributed by atoms with E-state index in [1.54, 1.807) is 0 Å². The van der Waals surface area contributed by atoms with Gasteiger partial charge in [-0.15, -0.1) is 24.0 Å². The fourth-order valence-corrected chi connectivity index (χ4v) is 3.02. The van der Waals surface area contributed by atoms with Crippen LogP contribution in [0.5, 0.6) is 5.88 Å². The molecule has 0 atom stereocenters.